The van der Waals surface area contributed by atoms with Crippen LogP contribution in [-0.2, 0) is 4.74 Å². The fourth-order valence-corrected chi connectivity index (χ4v) is 2.63. The molecule has 1 N–H and O–H groups in total. The van der Waals surface area contributed by atoms with Crippen LogP contribution in [0.15, 0.2) is 48.5 Å². The molecule has 0 unspecified atom stereocenters. The second-order valence-corrected chi connectivity index (χ2v) is 5.09. The number of carbonyl (C=O) groups is 1. The predicted octanol–water partition coefficient (Wildman–Crippen LogP) is 4.67. The van der Waals surface area contributed by atoms with Gasteiger partial charge in [0, 0.05) is 21.5 Å². The van der Waals surface area contributed by atoms with Crippen LogP contribution >= 0.6 is 11.6 Å². The van der Waals surface area contributed by atoms with Crippen molar-refractivity contribution in [2.45, 2.75) is 6.92 Å². The van der Waals surface area contributed by atoms with Crippen molar-refractivity contribution in [2.24, 2.45) is 0 Å². The number of hydrogen-bond acceptors (Lipinski definition) is 2. The van der Waals surface area contributed by atoms with Gasteiger partial charge in [-0.05, 0) is 30.7 Å². The fraction of sp³-hybridized carbons (Fsp3) is 0.118. The largest absolute Gasteiger partial charge is 0.461 e. The molecule has 2 aromatic carbocycles. The standard InChI is InChI=1S/C17H14ClNO2/c1-2-21-17(20)16-15(11-6-5-7-12(18)10-11)13-8-3-4-9-14(13)19-16/h3-10,19H,2H2,1H3. The van der Waals surface area contributed by atoms with Gasteiger partial charge in [0.25, 0.3) is 0 Å². The highest BCUT2D eigenvalue weighted by Gasteiger charge is 2.20. The molecule has 3 nitrogen and oxygen atoms in total. The van der Waals surface area contributed by atoms with Crippen molar-refractivity contribution in [2.75, 3.05) is 6.61 Å². The zero-order valence-corrected chi connectivity index (χ0v) is 12.3. The summed E-state index contributed by atoms with van der Waals surface area (Å²) in [5.74, 6) is -0.358. The maximum absolute atomic E-state index is 12.2. The van der Waals surface area contributed by atoms with E-state index in [1.54, 1.807) is 6.92 Å². The Morgan fingerprint density at radius 2 is 2.00 bits per heavy atom. The lowest BCUT2D eigenvalue weighted by atomic mass is 10.0. The van der Waals surface area contributed by atoms with Gasteiger partial charge in [-0.2, -0.15) is 0 Å². The van der Waals surface area contributed by atoms with Crippen LogP contribution in [0.5, 0.6) is 0 Å². The van der Waals surface area contributed by atoms with Gasteiger partial charge in [-0.1, -0.05) is 41.9 Å². The van der Waals surface area contributed by atoms with E-state index in [0.29, 0.717) is 17.3 Å². The Kier molecular flexibility index (Phi) is 3.67. The number of aromatic nitrogens is 1. The number of benzene rings is 2. The lowest BCUT2D eigenvalue weighted by Crippen LogP contribution is -2.06. The number of aromatic amines is 1. The summed E-state index contributed by atoms with van der Waals surface area (Å²) in [4.78, 5) is 15.4. The molecule has 0 saturated heterocycles. The number of esters is 1. The first-order valence-electron chi connectivity index (χ1n) is 6.74. The highest BCUT2D eigenvalue weighted by atomic mass is 35.5. The van der Waals surface area contributed by atoms with Gasteiger partial charge >= 0.3 is 5.97 Å². The van der Waals surface area contributed by atoms with Crippen LogP contribution in [-0.4, -0.2) is 17.6 Å². The van der Waals surface area contributed by atoms with Crippen molar-refractivity contribution in [1.29, 1.82) is 0 Å². The van der Waals surface area contributed by atoms with Crippen LogP contribution in [0.1, 0.15) is 17.4 Å². The van der Waals surface area contributed by atoms with E-state index < -0.39 is 0 Å². The van der Waals surface area contributed by atoms with E-state index in [1.165, 1.54) is 0 Å². The molecule has 3 rings (SSSR count). The highest BCUT2D eigenvalue weighted by molar-refractivity contribution is 6.31. The normalized spacial score (nSPS) is 10.8. The number of ether oxygens (including phenoxy) is 1. The van der Waals surface area contributed by atoms with Crippen molar-refractivity contribution in [3.63, 3.8) is 0 Å². The lowest BCUT2D eigenvalue weighted by Gasteiger charge is -2.05. The Balaban J connectivity index is 2.27. The quantitative estimate of drug-likeness (QED) is 0.714. The van der Waals surface area contributed by atoms with Crippen LogP contribution in [0, 0.1) is 0 Å². The van der Waals surface area contributed by atoms with Crippen LogP contribution < -0.4 is 0 Å². The molecule has 4 heteroatoms. The lowest BCUT2D eigenvalue weighted by molar-refractivity contribution is 0.0521. The molecule has 0 amide bonds. The summed E-state index contributed by atoms with van der Waals surface area (Å²) < 4.78 is 5.15. The summed E-state index contributed by atoms with van der Waals surface area (Å²) in [5, 5.41) is 1.61. The minimum absolute atomic E-state index is 0.336. The molecule has 1 heterocycles. The number of fused-ring (bicyclic) bond motifs is 1. The second kappa shape index (κ2) is 5.62. The van der Waals surface area contributed by atoms with Crippen LogP contribution in [0.4, 0.5) is 0 Å². The van der Waals surface area contributed by atoms with E-state index >= 15 is 0 Å². The number of rotatable bonds is 3. The van der Waals surface area contributed by atoms with Crippen LogP contribution in [0.3, 0.4) is 0 Å². The van der Waals surface area contributed by atoms with Gasteiger partial charge in [-0.15, -0.1) is 0 Å². The van der Waals surface area contributed by atoms with Gasteiger partial charge in [0.15, 0.2) is 0 Å². The molecular weight excluding hydrogens is 286 g/mol. The van der Waals surface area contributed by atoms with Crippen LogP contribution in [0.2, 0.25) is 5.02 Å². The SMILES string of the molecule is CCOC(=O)c1[nH]c2ccccc2c1-c1cccc(Cl)c1. The van der Waals surface area contributed by atoms with Crippen molar-refractivity contribution >= 4 is 28.5 Å². The molecule has 0 radical (unpaired) electrons. The number of halogens is 1. The zero-order chi connectivity index (χ0) is 14.8. The molecular formula is C17H14ClNO2. The van der Waals surface area contributed by atoms with E-state index in [0.717, 1.165) is 22.0 Å². The summed E-state index contributed by atoms with van der Waals surface area (Å²) >= 11 is 6.08. The van der Waals surface area contributed by atoms with Gasteiger partial charge in [-0.3, -0.25) is 0 Å². The number of nitrogens with one attached hydrogen (secondary N) is 1. The Hall–Kier alpha value is -2.26. The smallest absolute Gasteiger partial charge is 0.355 e. The molecule has 0 spiro atoms. The summed E-state index contributed by atoms with van der Waals surface area (Å²) in [7, 11) is 0. The minimum Gasteiger partial charge on any atom is -0.461 e. The Morgan fingerprint density at radius 1 is 1.19 bits per heavy atom. The van der Waals surface area contributed by atoms with E-state index in [2.05, 4.69) is 4.98 Å². The average molecular weight is 300 g/mol. The molecule has 0 saturated carbocycles. The molecule has 0 bridgehead atoms. The number of carbonyl (C=O) groups excluding carboxylic acids is 1. The average Bonchev–Trinajstić information content (AvgIpc) is 2.87. The first-order chi connectivity index (χ1) is 10.2. The first-order valence-corrected chi connectivity index (χ1v) is 7.12. The van der Waals surface area contributed by atoms with Gasteiger partial charge in [0.2, 0.25) is 0 Å². The van der Waals surface area contributed by atoms with E-state index in [4.69, 9.17) is 16.3 Å². The van der Waals surface area contributed by atoms with Gasteiger partial charge in [0.1, 0.15) is 5.69 Å². The summed E-state index contributed by atoms with van der Waals surface area (Å²) in [6.45, 7) is 2.13. The Labute approximate surface area is 127 Å². The first kappa shape index (κ1) is 13.7. The van der Waals surface area contributed by atoms with Crippen molar-refractivity contribution < 1.29 is 9.53 Å². The van der Waals surface area contributed by atoms with Gasteiger partial charge in [0.05, 0.1) is 6.61 Å². The monoisotopic (exact) mass is 299 g/mol. The van der Waals surface area contributed by atoms with Crippen molar-refractivity contribution in [1.82, 2.24) is 4.98 Å². The Morgan fingerprint density at radius 3 is 2.76 bits per heavy atom. The van der Waals surface area contributed by atoms with Gasteiger partial charge < -0.3 is 9.72 Å². The van der Waals surface area contributed by atoms with E-state index in [9.17, 15) is 4.79 Å². The third-order valence-electron chi connectivity index (χ3n) is 3.30. The molecule has 21 heavy (non-hydrogen) atoms. The van der Waals surface area contributed by atoms with Gasteiger partial charge in [-0.25, -0.2) is 4.79 Å². The maximum Gasteiger partial charge on any atom is 0.355 e. The van der Waals surface area contributed by atoms with E-state index in [-0.39, 0.29) is 5.97 Å². The van der Waals surface area contributed by atoms with Crippen molar-refractivity contribution in [3.05, 3.63) is 59.2 Å². The molecule has 0 atom stereocenters. The van der Waals surface area contributed by atoms with Crippen LogP contribution in [0.25, 0.3) is 22.0 Å². The highest BCUT2D eigenvalue weighted by Crippen LogP contribution is 2.34. The number of hydrogen-bond donors (Lipinski definition) is 1. The predicted molar refractivity (Wildman–Crippen MR) is 84.7 cm³/mol. The summed E-state index contributed by atoms with van der Waals surface area (Å²) in [6, 6.07) is 15.2. The third-order valence-corrected chi connectivity index (χ3v) is 3.53. The van der Waals surface area contributed by atoms with E-state index in [1.807, 2.05) is 48.5 Å². The topological polar surface area (TPSA) is 42.1 Å². The fourth-order valence-electron chi connectivity index (χ4n) is 2.44. The summed E-state index contributed by atoms with van der Waals surface area (Å²) in [6.07, 6.45) is 0. The minimum atomic E-state index is -0.358. The van der Waals surface area contributed by atoms with Crippen molar-refractivity contribution in [3.8, 4) is 11.1 Å². The maximum atomic E-state index is 12.2. The number of para-hydroxylation sites is 1. The molecule has 0 aliphatic rings. The molecule has 106 valence electrons. The molecule has 3 aromatic rings. The Bertz CT molecular complexity index is 807. The summed E-state index contributed by atoms with van der Waals surface area (Å²) in [5.41, 5.74) is 3.07. The third kappa shape index (κ3) is 2.52. The molecule has 0 aliphatic heterocycles. The zero-order valence-electron chi connectivity index (χ0n) is 11.5. The molecule has 0 fully saturated rings. The molecule has 0 aliphatic carbocycles. The molecule has 1 aromatic heterocycles. The second-order valence-electron chi connectivity index (χ2n) is 4.65. The number of H-pyrrole nitrogens is 1.